The smallest absolute Gasteiger partial charge is 0.407 e. The Morgan fingerprint density at radius 3 is 2.48 bits per heavy atom. The SMILES string of the molecule is CCOC(=O)NCCC(=O)NC(c1ccccc1)c1c(O)ccc2ccccc12. The topological polar surface area (TPSA) is 87.7 Å². The standard InChI is InChI=1S/C23H24N2O4/c1-2-29-23(28)24-15-14-20(27)25-22(17-9-4-3-5-10-17)21-18-11-7-6-8-16(18)12-13-19(21)26/h3-13,22,26H,2,14-15H2,1H3,(H,24,28)(H,25,27). The number of hydrogen-bond acceptors (Lipinski definition) is 4. The number of benzene rings is 3. The molecule has 0 heterocycles. The molecule has 3 rings (SSSR count). The summed E-state index contributed by atoms with van der Waals surface area (Å²) in [6.45, 7) is 2.15. The van der Waals surface area contributed by atoms with E-state index in [9.17, 15) is 14.7 Å². The van der Waals surface area contributed by atoms with Crippen molar-refractivity contribution in [2.75, 3.05) is 13.2 Å². The molecule has 0 fully saturated rings. The first-order chi connectivity index (χ1) is 14.1. The molecule has 0 aliphatic heterocycles. The van der Waals surface area contributed by atoms with Crippen molar-refractivity contribution in [3.8, 4) is 5.75 Å². The fourth-order valence-electron chi connectivity index (χ4n) is 3.25. The predicted molar refractivity (Wildman–Crippen MR) is 112 cm³/mol. The molecule has 1 atom stereocenters. The van der Waals surface area contributed by atoms with Crippen LogP contribution in [0.3, 0.4) is 0 Å². The van der Waals surface area contributed by atoms with E-state index in [-0.39, 0.29) is 31.2 Å². The van der Waals surface area contributed by atoms with Gasteiger partial charge in [-0.1, -0.05) is 60.7 Å². The van der Waals surface area contributed by atoms with Gasteiger partial charge >= 0.3 is 6.09 Å². The Kier molecular flexibility index (Phi) is 6.68. The zero-order valence-corrected chi connectivity index (χ0v) is 16.2. The van der Waals surface area contributed by atoms with Crippen LogP contribution in [0.2, 0.25) is 0 Å². The lowest BCUT2D eigenvalue weighted by Crippen LogP contribution is -2.33. The summed E-state index contributed by atoms with van der Waals surface area (Å²) in [4.78, 5) is 24.0. The summed E-state index contributed by atoms with van der Waals surface area (Å²) in [5.41, 5.74) is 1.49. The van der Waals surface area contributed by atoms with Gasteiger partial charge in [-0.3, -0.25) is 4.79 Å². The summed E-state index contributed by atoms with van der Waals surface area (Å²) in [5.74, 6) is -0.134. The van der Waals surface area contributed by atoms with Crippen LogP contribution in [0.15, 0.2) is 66.7 Å². The Labute approximate surface area is 169 Å². The molecule has 29 heavy (non-hydrogen) atoms. The summed E-state index contributed by atoms with van der Waals surface area (Å²) in [6.07, 6.45) is -0.458. The Bertz CT molecular complexity index is 989. The van der Waals surface area contributed by atoms with E-state index >= 15 is 0 Å². The van der Waals surface area contributed by atoms with Crippen molar-refractivity contribution in [3.63, 3.8) is 0 Å². The maximum atomic E-state index is 12.6. The lowest BCUT2D eigenvalue weighted by molar-refractivity contribution is -0.121. The largest absolute Gasteiger partial charge is 0.508 e. The Balaban J connectivity index is 1.87. The van der Waals surface area contributed by atoms with Crippen LogP contribution >= 0.6 is 0 Å². The number of hydrogen-bond donors (Lipinski definition) is 3. The van der Waals surface area contributed by atoms with Crippen LogP contribution in [0.1, 0.15) is 30.5 Å². The molecule has 0 spiro atoms. The number of phenolic OH excluding ortho intramolecular Hbond substituents is 1. The molecule has 150 valence electrons. The van der Waals surface area contributed by atoms with E-state index in [1.54, 1.807) is 13.0 Å². The summed E-state index contributed by atoms with van der Waals surface area (Å²) in [7, 11) is 0. The average molecular weight is 392 g/mol. The van der Waals surface area contributed by atoms with Crippen molar-refractivity contribution in [2.24, 2.45) is 0 Å². The molecule has 6 heteroatoms. The van der Waals surface area contributed by atoms with Crippen LogP contribution in [0.25, 0.3) is 10.8 Å². The molecule has 3 aromatic rings. The monoisotopic (exact) mass is 392 g/mol. The summed E-state index contributed by atoms with van der Waals surface area (Å²) >= 11 is 0. The highest BCUT2D eigenvalue weighted by Crippen LogP contribution is 2.35. The lowest BCUT2D eigenvalue weighted by atomic mass is 9.92. The van der Waals surface area contributed by atoms with Gasteiger partial charge in [-0.25, -0.2) is 4.79 Å². The van der Waals surface area contributed by atoms with Gasteiger partial charge in [0.05, 0.1) is 12.6 Å². The third-order valence-electron chi connectivity index (χ3n) is 4.57. The Morgan fingerprint density at radius 1 is 1.00 bits per heavy atom. The molecule has 0 radical (unpaired) electrons. The van der Waals surface area contributed by atoms with Gasteiger partial charge in [0.2, 0.25) is 5.91 Å². The van der Waals surface area contributed by atoms with E-state index in [0.717, 1.165) is 16.3 Å². The van der Waals surface area contributed by atoms with Gasteiger partial charge in [0.25, 0.3) is 0 Å². The Hall–Kier alpha value is -3.54. The van der Waals surface area contributed by atoms with Crippen molar-refractivity contribution < 1.29 is 19.4 Å². The molecular weight excluding hydrogens is 368 g/mol. The molecule has 0 aliphatic carbocycles. The number of carbonyl (C=O) groups excluding carboxylic acids is 2. The number of ether oxygens (including phenoxy) is 1. The predicted octanol–water partition coefficient (Wildman–Crippen LogP) is 3.89. The number of amides is 2. The second-order valence-corrected chi connectivity index (χ2v) is 6.53. The van der Waals surface area contributed by atoms with E-state index in [1.807, 2.05) is 60.7 Å². The summed E-state index contributed by atoms with van der Waals surface area (Å²) in [6, 6.07) is 20.2. The fraction of sp³-hybridized carbons (Fsp3) is 0.217. The molecule has 3 aromatic carbocycles. The number of alkyl carbamates (subject to hydrolysis) is 1. The summed E-state index contributed by atoms with van der Waals surface area (Å²) in [5, 5.41) is 18.0. The second-order valence-electron chi connectivity index (χ2n) is 6.53. The number of fused-ring (bicyclic) bond motifs is 1. The fourth-order valence-corrected chi connectivity index (χ4v) is 3.25. The number of nitrogens with one attached hydrogen (secondary N) is 2. The van der Waals surface area contributed by atoms with Crippen LogP contribution in [0, 0.1) is 0 Å². The van der Waals surface area contributed by atoms with Crippen molar-refractivity contribution in [2.45, 2.75) is 19.4 Å². The van der Waals surface area contributed by atoms with Crippen LogP contribution in [-0.4, -0.2) is 30.3 Å². The maximum Gasteiger partial charge on any atom is 0.407 e. The van der Waals surface area contributed by atoms with Gasteiger partial charge in [0.1, 0.15) is 5.75 Å². The molecule has 0 aromatic heterocycles. The van der Waals surface area contributed by atoms with E-state index in [4.69, 9.17) is 4.74 Å². The van der Waals surface area contributed by atoms with Gasteiger partial charge in [-0.15, -0.1) is 0 Å². The van der Waals surface area contributed by atoms with Crippen LogP contribution < -0.4 is 10.6 Å². The van der Waals surface area contributed by atoms with Gasteiger partial charge < -0.3 is 20.5 Å². The zero-order chi connectivity index (χ0) is 20.6. The second kappa shape index (κ2) is 9.59. The van der Waals surface area contributed by atoms with Crippen molar-refractivity contribution in [1.29, 1.82) is 0 Å². The minimum atomic E-state index is -0.549. The quantitative estimate of drug-likeness (QED) is 0.569. The minimum Gasteiger partial charge on any atom is -0.508 e. The zero-order valence-electron chi connectivity index (χ0n) is 16.2. The highest BCUT2D eigenvalue weighted by molar-refractivity contribution is 5.89. The third kappa shape index (κ3) is 5.04. The molecule has 0 bridgehead atoms. The first kappa shape index (κ1) is 20.2. The number of rotatable bonds is 7. The van der Waals surface area contributed by atoms with Crippen LogP contribution in [0.4, 0.5) is 4.79 Å². The van der Waals surface area contributed by atoms with Gasteiger partial charge in [-0.05, 0) is 29.3 Å². The number of aromatic hydroxyl groups is 1. The molecular formula is C23H24N2O4. The van der Waals surface area contributed by atoms with Crippen molar-refractivity contribution in [1.82, 2.24) is 10.6 Å². The van der Waals surface area contributed by atoms with E-state index in [2.05, 4.69) is 10.6 Å². The minimum absolute atomic E-state index is 0.0909. The highest BCUT2D eigenvalue weighted by Gasteiger charge is 2.22. The van der Waals surface area contributed by atoms with Crippen LogP contribution in [0.5, 0.6) is 5.75 Å². The summed E-state index contributed by atoms with van der Waals surface area (Å²) < 4.78 is 4.79. The molecule has 0 saturated carbocycles. The first-order valence-electron chi connectivity index (χ1n) is 9.55. The van der Waals surface area contributed by atoms with Crippen molar-refractivity contribution in [3.05, 3.63) is 77.9 Å². The Morgan fingerprint density at radius 2 is 1.72 bits per heavy atom. The number of phenols is 1. The van der Waals surface area contributed by atoms with E-state index < -0.39 is 12.1 Å². The normalized spacial score (nSPS) is 11.6. The molecule has 0 saturated heterocycles. The highest BCUT2D eigenvalue weighted by atomic mass is 16.5. The molecule has 0 aliphatic rings. The van der Waals surface area contributed by atoms with Crippen molar-refractivity contribution >= 4 is 22.8 Å². The van der Waals surface area contributed by atoms with E-state index in [1.165, 1.54) is 0 Å². The number of carbonyl (C=O) groups is 2. The maximum absolute atomic E-state index is 12.6. The molecule has 1 unspecified atom stereocenters. The molecule has 3 N–H and O–H groups in total. The first-order valence-corrected chi connectivity index (χ1v) is 9.55. The van der Waals surface area contributed by atoms with Gasteiger partial charge in [-0.2, -0.15) is 0 Å². The molecule has 2 amide bonds. The van der Waals surface area contributed by atoms with Gasteiger partial charge in [0, 0.05) is 18.5 Å². The van der Waals surface area contributed by atoms with Crippen LogP contribution in [-0.2, 0) is 9.53 Å². The van der Waals surface area contributed by atoms with Gasteiger partial charge in [0.15, 0.2) is 0 Å². The lowest BCUT2D eigenvalue weighted by Gasteiger charge is -2.22. The third-order valence-corrected chi connectivity index (χ3v) is 4.57. The average Bonchev–Trinajstić information content (AvgIpc) is 2.73. The van der Waals surface area contributed by atoms with E-state index in [0.29, 0.717) is 5.56 Å². The molecule has 6 nitrogen and oxygen atoms in total.